The molecule has 3 fully saturated rings. The number of fused-ring (bicyclic) bond motifs is 3. The van der Waals surface area contributed by atoms with Crippen molar-refractivity contribution in [2.75, 3.05) is 18.0 Å². The zero-order valence-corrected chi connectivity index (χ0v) is 14.8. The highest BCUT2D eigenvalue weighted by molar-refractivity contribution is 6.06. The molecule has 4 heterocycles. The van der Waals surface area contributed by atoms with Gasteiger partial charge in [0.15, 0.2) is 0 Å². The number of anilines is 1. The van der Waals surface area contributed by atoms with E-state index in [9.17, 15) is 18.8 Å². The minimum absolute atomic E-state index is 0.207. The number of piperidine rings is 1. The predicted octanol–water partition coefficient (Wildman–Crippen LogP) is 0.527. The minimum Gasteiger partial charge on any atom is -0.368 e. The van der Waals surface area contributed by atoms with E-state index in [1.165, 1.54) is 17.0 Å². The Morgan fingerprint density at radius 2 is 1.78 bits per heavy atom. The number of carbonyl (C=O) groups is 3. The van der Waals surface area contributed by atoms with Crippen LogP contribution in [-0.4, -0.2) is 53.8 Å². The van der Waals surface area contributed by atoms with Crippen molar-refractivity contribution in [3.8, 4) is 0 Å². The Morgan fingerprint density at radius 1 is 1.04 bits per heavy atom. The SMILES string of the molecule is O=C1CCC(N2Cc3c(cc(F)cc3N3C[C@H]4CC[C@@H](C3)N4)C2=O)C(=O)N1. The van der Waals surface area contributed by atoms with Crippen molar-refractivity contribution in [2.45, 2.75) is 50.4 Å². The molecule has 8 heteroatoms. The average molecular weight is 372 g/mol. The highest BCUT2D eigenvalue weighted by Crippen LogP contribution is 2.37. The normalized spacial score (nSPS) is 30.0. The highest BCUT2D eigenvalue weighted by atomic mass is 19.1. The van der Waals surface area contributed by atoms with Gasteiger partial charge in [-0.1, -0.05) is 0 Å². The second-order valence-corrected chi connectivity index (χ2v) is 7.89. The maximum atomic E-state index is 14.3. The Balaban J connectivity index is 1.47. The number of imide groups is 1. The fourth-order valence-electron chi connectivity index (χ4n) is 4.88. The summed E-state index contributed by atoms with van der Waals surface area (Å²) in [5.41, 5.74) is 1.87. The lowest BCUT2D eigenvalue weighted by atomic mass is 10.0. The van der Waals surface area contributed by atoms with Crippen LogP contribution in [0.1, 0.15) is 41.6 Å². The maximum Gasteiger partial charge on any atom is 0.255 e. The molecule has 2 bridgehead atoms. The summed E-state index contributed by atoms with van der Waals surface area (Å²) in [4.78, 5) is 40.2. The Morgan fingerprint density at radius 3 is 2.48 bits per heavy atom. The van der Waals surface area contributed by atoms with Gasteiger partial charge in [0.2, 0.25) is 11.8 Å². The number of hydrogen-bond donors (Lipinski definition) is 2. The standard InChI is InChI=1S/C19H21FN4O3/c20-10-5-13-14(16(6-10)23-7-11-1-2-12(8-23)21-11)9-24(19(13)27)15-3-4-17(25)22-18(15)26/h5-6,11-12,15,21H,1-4,7-9H2,(H,22,25,26)/t11-,12+,15?. The van der Waals surface area contributed by atoms with Crippen LogP contribution in [-0.2, 0) is 16.1 Å². The van der Waals surface area contributed by atoms with E-state index in [0.717, 1.165) is 37.2 Å². The van der Waals surface area contributed by atoms with Crippen LogP contribution in [0.4, 0.5) is 10.1 Å². The number of benzene rings is 1. The molecular formula is C19H21FN4O3. The quantitative estimate of drug-likeness (QED) is 0.740. The Kier molecular flexibility index (Phi) is 3.72. The van der Waals surface area contributed by atoms with E-state index in [-0.39, 0.29) is 24.8 Å². The molecule has 1 unspecified atom stereocenters. The summed E-state index contributed by atoms with van der Waals surface area (Å²) in [6.07, 6.45) is 2.74. The van der Waals surface area contributed by atoms with Crippen LogP contribution in [0.25, 0.3) is 0 Å². The van der Waals surface area contributed by atoms with E-state index in [0.29, 0.717) is 24.1 Å². The lowest BCUT2D eigenvalue weighted by Gasteiger charge is -2.36. The third-order valence-corrected chi connectivity index (χ3v) is 6.15. The summed E-state index contributed by atoms with van der Waals surface area (Å²) < 4.78 is 14.3. The van der Waals surface area contributed by atoms with E-state index >= 15 is 0 Å². The highest BCUT2D eigenvalue weighted by Gasteiger charge is 2.41. The molecule has 0 spiro atoms. The van der Waals surface area contributed by atoms with Gasteiger partial charge in [0.05, 0.1) is 0 Å². The Bertz CT molecular complexity index is 846. The molecule has 4 aliphatic heterocycles. The number of carbonyl (C=O) groups excluding carboxylic acids is 3. The summed E-state index contributed by atoms with van der Waals surface area (Å²) in [7, 11) is 0. The molecule has 0 aromatic heterocycles. The number of halogens is 1. The van der Waals surface area contributed by atoms with Crippen molar-refractivity contribution < 1.29 is 18.8 Å². The Hall–Kier alpha value is -2.48. The predicted molar refractivity (Wildman–Crippen MR) is 94.6 cm³/mol. The summed E-state index contributed by atoms with van der Waals surface area (Å²) in [6.45, 7) is 1.85. The molecule has 3 amide bonds. The molecule has 3 saturated heterocycles. The smallest absolute Gasteiger partial charge is 0.255 e. The largest absolute Gasteiger partial charge is 0.368 e. The van der Waals surface area contributed by atoms with Gasteiger partial charge in [-0.3, -0.25) is 19.7 Å². The second kappa shape index (κ2) is 6.02. The van der Waals surface area contributed by atoms with Gasteiger partial charge >= 0.3 is 0 Å². The number of amides is 3. The molecule has 27 heavy (non-hydrogen) atoms. The van der Waals surface area contributed by atoms with Gasteiger partial charge in [0.25, 0.3) is 5.91 Å². The van der Waals surface area contributed by atoms with Crippen molar-refractivity contribution >= 4 is 23.4 Å². The van der Waals surface area contributed by atoms with Gasteiger partial charge in [0, 0.05) is 55.0 Å². The first-order valence-electron chi connectivity index (χ1n) is 9.47. The fraction of sp³-hybridized carbons (Fsp3) is 0.526. The summed E-state index contributed by atoms with van der Waals surface area (Å²) in [5.74, 6) is -1.54. The summed E-state index contributed by atoms with van der Waals surface area (Å²) in [6, 6.07) is 2.88. The van der Waals surface area contributed by atoms with E-state index in [1.807, 2.05) is 0 Å². The third-order valence-electron chi connectivity index (χ3n) is 6.15. The molecule has 0 radical (unpaired) electrons. The van der Waals surface area contributed by atoms with Gasteiger partial charge in [0.1, 0.15) is 11.9 Å². The van der Waals surface area contributed by atoms with Gasteiger partial charge in [-0.15, -0.1) is 0 Å². The zero-order chi connectivity index (χ0) is 18.7. The number of piperazine rings is 1. The number of hydrogen-bond acceptors (Lipinski definition) is 5. The number of nitrogens with zero attached hydrogens (tertiary/aromatic N) is 2. The number of nitrogens with one attached hydrogen (secondary N) is 2. The van der Waals surface area contributed by atoms with Gasteiger partial charge in [-0.05, 0) is 31.4 Å². The van der Waals surface area contributed by atoms with Crippen molar-refractivity contribution in [3.05, 3.63) is 29.1 Å². The molecule has 4 aliphatic rings. The van der Waals surface area contributed by atoms with Crippen LogP contribution in [0.3, 0.4) is 0 Å². The summed E-state index contributed by atoms with van der Waals surface area (Å²) >= 11 is 0. The first-order chi connectivity index (χ1) is 13.0. The van der Waals surface area contributed by atoms with Crippen LogP contribution in [0.2, 0.25) is 0 Å². The molecule has 7 nitrogen and oxygen atoms in total. The average Bonchev–Trinajstić information content (AvgIpc) is 3.14. The van der Waals surface area contributed by atoms with Crippen LogP contribution in [0, 0.1) is 5.82 Å². The molecule has 1 aromatic carbocycles. The molecule has 2 N–H and O–H groups in total. The molecule has 142 valence electrons. The van der Waals surface area contributed by atoms with Gasteiger partial charge in [-0.25, -0.2) is 4.39 Å². The molecule has 5 rings (SSSR count). The van der Waals surface area contributed by atoms with E-state index < -0.39 is 17.8 Å². The van der Waals surface area contributed by atoms with Crippen LogP contribution < -0.4 is 15.5 Å². The minimum atomic E-state index is -0.683. The van der Waals surface area contributed by atoms with Gasteiger partial charge < -0.3 is 15.1 Å². The monoisotopic (exact) mass is 372 g/mol. The van der Waals surface area contributed by atoms with Crippen LogP contribution >= 0.6 is 0 Å². The molecule has 0 saturated carbocycles. The fourth-order valence-corrected chi connectivity index (χ4v) is 4.88. The van der Waals surface area contributed by atoms with Crippen LogP contribution in [0.15, 0.2) is 12.1 Å². The zero-order valence-electron chi connectivity index (χ0n) is 14.8. The molecule has 3 atom stereocenters. The van der Waals surface area contributed by atoms with E-state index in [1.54, 1.807) is 0 Å². The third kappa shape index (κ3) is 2.70. The lowest BCUT2D eigenvalue weighted by molar-refractivity contribution is -0.136. The van der Waals surface area contributed by atoms with E-state index in [4.69, 9.17) is 0 Å². The maximum absolute atomic E-state index is 14.3. The van der Waals surface area contributed by atoms with Crippen molar-refractivity contribution in [1.29, 1.82) is 0 Å². The molecular weight excluding hydrogens is 351 g/mol. The van der Waals surface area contributed by atoms with Crippen molar-refractivity contribution in [1.82, 2.24) is 15.5 Å². The lowest BCUT2D eigenvalue weighted by Crippen LogP contribution is -2.52. The Labute approximate surface area is 155 Å². The summed E-state index contributed by atoms with van der Waals surface area (Å²) in [5, 5.41) is 5.85. The van der Waals surface area contributed by atoms with Gasteiger partial charge in [-0.2, -0.15) is 0 Å². The van der Waals surface area contributed by atoms with Crippen LogP contribution in [0.5, 0.6) is 0 Å². The first kappa shape index (κ1) is 16.7. The first-order valence-corrected chi connectivity index (χ1v) is 9.47. The number of rotatable bonds is 2. The van der Waals surface area contributed by atoms with Crippen molar-refractivity contribution in [2.24, 2.45) is 0 Å². The topological polar surface area (TPSA) is 81.8 Å². The molecule has 1 aromatic rings. The second-order valence-electron chi connectivity index (χ2n) is 7.89. The molecule has 0 aliphatic carbocycles. The van der Waals surface area contributed by atoms with Crippen molar-refractivity contribution in [3.63, 3.8) is 0 Å². The van der Waals surface area contributed by atoms with E-state index in [2.05, 4.69) is 15.5 Å².